The van der Waals surface area contributed by atoms with Crippen LogP contribution in [0.15, 0.2) is 0 Å². The molecule has 1 heterocycles. The highest BCUT2D eigenvalue weighted by atomic mass is 16.2. The van der Waals surface area contributed by atoms with E-state index in [4.69, 9.17) is 0 Å². The number of hydrogen-bond donors (Lipinski definition) is 2. The molecule has 2 rings (SSSR count). The molecule has 5 nitrogen and oxygen atoms in total. The van der Waals surface area contributed by atoms with Gasteiger partial charge in [0.25, 0.3) is 5.91 Å². The lowest BCUT2D eigenvalue weighted by molar-refractivity contribution is 0.0932. The lowest BCUT2D eigenvalue weighted by Gasteiger charge is -2.25. The molecule has 0 spiro atoms. The van der Waals surface area contributed by atoms with E-state index in [1.54, 1.807) is 0 Å². The predicted octanol–water partition coefficient (Wildman–Crippen LogP) is 2.31. The topological polar surface area (TPSA) is 70.7 Å². The molecular formula is C14H24N4O. The number of hydrogen-bond acceptors (Lipinski definition) is 3. The summed E-state index contributed by atoms with van der Waals surface area (Å²) in [4.78, 5) is 16.1. The minimum atomic E-state index is -0.155. The number of aromatic nitrogens is 3. The summed E-state index contributed by atoms with van der Waals surface area (Å²) in [7, 11) is 0. The van der Waals surface area contributed by atoms with Crippen molar-refractivity contribution in [1.29, 1.82) is 0 Å². The maximum atomic E-state index is 11.9. The predicted molar refractivity (Wildman–Crippen MR) is 73.8 cm³/mol. The van der Waals surface area contributed by atoms with E-state index in [9.17, 15) is 4.79 Å². The summed E-state index contributed by atoms with van der Waals surface area (Å²) >= 11 is 0. The highest BCUT2D eigenvalue weighted by Crippen LogP contribution is 2.27. The van der Waals surface area contributed by atoms with Crippen molar-refractivity contribution in [3.05, 3.63) is 11.6 Å². The van der Waals surface area contributed by atoms with Crippen LogP contribution in [0.25, 0.3) is 0 Å². The van der Waals surface area contributed by atoms with Gasteiger partial charge in [0.15, 0.2) is 0 Å². The number of aromatic amines is 1. The Labute approximate surface area is 114 Å². The summed E-state index contributed by atoms with van der Waals surface area (Å²) in [5.74, 6) is 2.37. The fourth-order valence-corrected chi connectivity index (χ4v) is 2.59. The van der Waals surface area contributed by atoms with Crippen LogP contribution in [0, 0.1) is 11.8 Å². The summed E-state index contributed by atoms with van der Waals surface area (Å²) in [6.45, 7) is 5.13. The molecule has 1 aromatic rings. The normalized spacial score (nSPS) is 23.3. The van der Waals surface area contributed by atoms with Crippen molar-refractivity contribution in [2.24, 2.45) is 11.8 Å². The zero-order valence-electron chi connectivity index (χ0n) is 11.9. The van der Waals surface area contributed by atoms with Gasteiger partial charge >= 0.3 is 0 Å². The number of rotatable bonds is 5. The third-order valence-corrected chi connectivity index (χ3v) is 3.91. The van der Waals surface area contributed by atoms with Crippen LogP contribution in [0.5, 0.6) is 0 Å². The second kappa shape index (κ2) is 6.68. The Morgan fingerprint density at radius 3 is 2.79 bits per heavy atom. The highest BCUT2D eigenvalue weighted by Gasteiger charge is 2.19. The van der Waals surface area contributed by atoms with Gasteiger partial charge in [-0.05, 0) is 31.1 Å². The second-order valence-corrected chi connectivity index (χ2v) is 5.69. The zero-order valence-corrected chi connectivity index (χ0v) is 11.9. The molecule has 1 saturated carbocycles. The average molecular weight is 264 g/mol. The van der Waals surface area contributed by atoms with Gasteiger partial charge in [-0.2, -0.15) is 0 Å². The molecule has 1 aliphatic carbocycles. The lowest BCUT2D eigenvalue weighted by atomic mass is 9.83. The number of nitrogens with zero attached hydrogens (tertiary/aromatic N) is 2. The second-order valence-electron chi connectivity index (χ2n) is 5.69. The van der Waals surface area contributed by atoms with E-state index in [1.165, 1.54) is 25.7 Å². The molecule has 1 aliphatic rings. The van der Waals surface area contributed by atoms with Gasteiger partial charge in [-0.15, -0.1) is 5.10 Å². The van der Waals surface area contributed by atoms with Crippen LogP contribution in [0.4, 0.5) is 0 Å². The van der Waals surface area contributed by atoms with Gasteiger partial charge in [-0.1, -0.05) is 26.7 Å². The largest absolute Gasteiger partial charge is 0.349 e. The van der Waals surface area contributed by atoms with E-state index in [0.717, 1.165) is 31.1 Å². The zero-order chi connectivity index (χ0) is 13.7. The first-order valence-corrected chi connectivity index (χ1v) is 7.38. The molecule has 2 N–H and O–H groups in total. The van der Waals surface area contributed by atoms with Crippen molar-refractivity contribution >= 4 is 5.91 Å². The summed E-state index contributed by atoms with van der Waals surface area (Å²) < 4.78 is 0. The summed E-state index contributed by atoms with van der Waals surface area (Å²) in [6, 6.07) is 0. The van der Waals surface area contributed by atoms with E-state index in [0.29, 0.717) is 5.92 Å². The molecule has 0 aliphatic heterocycles. The van der Waals surface area contributed by atoms with E-state index < -0.39 is 0 Å². The summed E-state index contributed by atoms with van der Waals surface area (Å²) in [6.07, 6.45) is 6.83. The Balaban J connectivity index is 1.77. The maximum Gasteiger partial charge on any atom is 0.290 e. The third kappa shape index (κ3) is 4.04. The molecule has 5 heteroatoms. The van der Waals surface area contributed by atoms with Gasteiger partial charge in [-0.3, -0.25) is 9.89 Å². The fourth-order valence-electron chi connectivity index (χ4n) is 2.59. The molecule has 0 atom stereocenters. The van der Waals surface area contributed by atoms with E-state index >= 15 is 0 Å². The molecule has 106 valence electrons. The van der Waals surface area contributed by atoms with Crippen LogP contribution < -0.4 is 5.32 Å². The van der Waals surface area contributed by atoms with E-state index in [-0.39, 0.29) is 11.7 Å². The number of carbonyl (C=O) groups is 1. The minimum absolute atomic E-state index is 0.155. The summed E-state index contributed by atoms with van der Waals surface area (Å²) in [5.41, 5.74) is 0. The van der Waals surface area contributed by atoms with Gasteiger partial charge in [-0.25, -0.2) is 4.98 Å². The molecule has 1 amide bonds. The van der Waals surface area contributed by atoms with Gasteiger partial charge in [0.05, 0.1) is 0 Å². The SMILES string of the molecule is CCCc1nc(C(=O)NCC2CCC(C)CC2)n[nH]1. The van der Waals surface area contributed by atoms with Crippen LogP contribution in [0.2, 0.25) is 0 Å². The Morgan fingerprint density at radius 2 is 2.11 bits per heavy atom. The van der Waals surface area contributed by atoms with E-state index in [1.807, 2.05) is 0 Å². The van der Waals surface area contributed by atoms with E-state index in [2.05, 4.69) is 34.3 Å². The number of aryl methyl sites for hydroxylation is 1. The monoisotopic (exact) mass is 264 g/mol. The first kappa shape index (κ1) is 14.0. The fraction of sp³-hybridized carbons (Fsp3) is 0.786. The Hall–Kier alpha value is -1.39. The molecule has 1 aromatic heterocycles. The Bertz CT molecular complexity index is 407. The maximum absolute atomic E-state index is 11.9. The molecule has 0 radical (unpaired) electrons. The minimum Gasteiger partial charge on any atom is -0.349 e. The molecule has 0 bridgehead atoms. The van der Waals surface area contributed by atoms with Crippen LogP contribution in [0.1, 0.15) is 62.4 Å². The highest BCUT2D eigenvalue weighted by molar-refractivity contribution is 5.90. The number of amides is 1. The summed E-state index contributed by atoms with van der Waals surface area (Å²) in [5, 5.41) is 9.73. The third-order valence-electron chi connectivity index (χ3n) is 3.91. The molecule has 1 fully saturated rings. The van der Waals surface area contributed by atoms with Crippen molar-refractivity contribution in [3.63, 3.8) is 0 Å². The lowest BCUT2D eigenvalue weighted by Crippen LogP contribution is -2.31. The number of nitrogens with one attached hydrogen (secondary N) is 2. The van der Waals surface area contributed by atoms with Gasteiger partial charge in [0.2, 0.25) is 5.82 Å². The van der Waals surface area contributed by atoms with Crippen LogP contribution in [-0.2, 0) is 6.42 Å². The smallest absolute Gasteiger partial charge is 0.290 e. The Morgan fingerprint density at radius 1 is 1.37 bits per heavy atom. The van der Waals surface area contributed by atoms with Crippen molar-refractivity contribution in [2.75, 3.05) is 6.54 Å². The first-order chi connectivity index (χ1) is 9.19. The standard InChI is InChI=1S/C14H24N4O/c1-3-4-12-16-13(18-17-12)14(19)15-9-11-7-5-10(2)6-8-11/h10-11H,3-9H2,1-2H3,(H,15,19)(H,16,17,18). The molecule has 19 heavy (non-hydrogen) atoms. The van der Waals surface area contributed by atoms with Crippen molar-refractivity contribution < 1.29 is 4.79 Å². The van der Waals surface area contributed by atoms with Crippen molar-refractivity contribution in [2.45, 2.75) is 52.4 Å². The van der Waals surface area contributed by atoms with Gasteiger partial charge < -0.3 is 5.32 Å². The Kier molecular flexibility index (Phi) is 4.93. The van der Waals surface area contributed by atoms with Crippen molar-refractivity contribution in [3.8, 4) is 0 Å². The van der Waals surface area contributed by atoms with Crippen LogP contribution >= 0.6 is 0 Å². The first-order valence-electron chi connectivity index (χ1n) is 7.38. The number of carbonyl (C=O) groups excluding carboxylic acids is 1. The molecule has 0 saturated heterocycles. The average Bonchev–Trinajstić information content (AvgIpc) is 2.87. The number of H-pyrrole nitrogens is 1. The quantitative estimate of drug-likeness (QED) is 0.857. The van der Waals surface area contributed by atoms with Crippen LogP contribution in [0.3, 0.4) is 0 Å². The molecule has 0 aromatic carbocycles. The van der Waals surface area contributed by atoms with Gasteiger partial charge in [0.1, 0.15) is 5.82 Å². The van der Waals surface area contributed by atoms with Gasteiger partial charge in [0, 0.05) is 13.0 Å². The molecular weight excluding hydrogens is 240 g/mol. The molecule has 0 unspecified atom stereocenters. The van der Waals surface area contributed by atoms with Crippen molar-refractivity contribution in [1.82, 2.24) is 20.5 Å². The van der Waals surface area contributed by atoms with Crippen LogP contribution in [-0.4, -0.2) is 27.6 Å².